The smallest absolute Gasteiger partial charge is 0.240 e. The van der Waals surface area contributed by atoms with Crippen molar-refractivity contribution in [3.05, 3.63) is 60.7 Å². The van der Waals surface area contributed by atoms with E-state index < -0.39 is 10.0 Å². The van der Waals surface area contributed by atoms with Crippen LogP contribution in [0.2, 0.25) is 0 Å². The first kappa shape index (κ1) is 14.3. The van der Waals surface area contributed by atoms with Crippen LogP contribution in [0.1, 0.15) is 5.56 Å². The van der Waals surface area contributed by atoms with E-state index in [9.17, 15) is 8.42 Å². The average molecular weight is 316 g/mol. The molecule has 0 radical (unpaired) electrons. The molecule has 0 aliphatic rings. The largest absolute Gasteiger partial charge is 0.264 e. The predicted octanol–water partition coefficient (Wildman–Crippen LogP) is 0.536. The number of rotatable bonds is 5. The Morgan fingerprint density at radius 3 is 2.59 bits per heavy atom. The molecule has 0 aliphatic carbocycles. The summed E-state index contributed by atoms with van der Waals surface area (Å²) in [5, 5.41) is 10.8. The van der Waals surface area contributed by atoms with Crippen molar-refractivity contribution in [3.63, 3.8) is 0 Å². The molecule has 0 fully saturated rings. The highest BCUT2D eigenvalue weighted by Crippen LogP contribution is 2.13. The van der Waals surface area contributed by atoms with Crippen LogP contribution in [-0.2, 0) is 16.6 Å². The van der Waals surface area contributed by atoms with Gasteiger partial charge in [-0.3, -0.25) is 4.98 Å². The fraction of sp³-hybridized carbons (Fsp3) is 0.0769. The van der Waals surface area contributed by atoms with Gasteiger partial charge < -0.3 is 0 Å². The molecule has 1 aromatic carbocycles. The van der Waals surface area contributed by atoms with E-state index in [0.29, 0.717) is 5.69 Å². The molecule has 0 unspecified atom stereocenters. The molecule has 0 saturated carbocycles. The lowest BCUT2D eigenvalue weighted by molar-refractivity contribution is 0.581. The number of nitrogens with one attached hydrogen (secondary N) is 1. The molecule has 3 aromatic rings. The summed E-state index contributed by atoms with van der Waals surface area (Å²) < 4.78 is 28.4. The van der Waals surface area contributed by atoms with Crippen LogP contribution in [0, 0.1) is 0 Å². The summed E-state index contributed by atoms with van der Waals surface area (Å²) in [6.45, 7) is 0.185. The van der Waals surface area contributed by atoms with Gasteiger partial charge in [0.2, 0.25) is 10.0 Å². The quantitative estimate of drug-likeness (QED) is 0.737. The van der Waals surface area contributed by atoms with Gasteiger partial charge in [-0.15, -0.1) is 5.10 Å². The molecule has 0 spiro atoms. The van der Waals surface area contributed by atoms with Crippen molar-refractivity contribution < 1.29 is 8.42 Å². The van der Waals surface area contributed by atoms with Crippen LogP contribution in [0.3, 0.4) is 0 Å². The summed E-state index contributed by atoms with van der Waals surface area (Å²) >= 11 is 0. The molecule has 0 atom stereocenters. The maximum atomic E-state index is 12.2. The monoisotopic (exact) mass is 316 g/mol. The molecule has 8 nitrogen and oxygen atoms in total. The highest BCUT2D eigenvalue weighted by Gasteiger charge is 2.13. The Morgan fingerprint density at radius 1 is 1.14 bits per heavy atom. The van der Waals surface area contributed by atoms with Gasteiger partial charge in [0.05, 0.1) is 10.6 Å². The van der Waals surface area contributed by atoms with Crippen LogP contribution in [0.25, 0.3) is 5.69 Å². The molecule has 9 heteroatoms. The summed E-state index contributed by atoms with van der Waals surface area (Å²) in [6.07, 6.45) is 4.68. The number of sulfonamides is 1. The minimum atomic E-state index is -3.58. The number of hydrogen-bond donors (Lipinski definition) is 1. The minimum Gasteiger partial charge on any atom is -0.264 e. The van der Waals surface area contributed by atoms with Crippen LogP contribution in [-0.4, -0.2) is 33.6 Å². The Bertz CT molecular complexity index is 832. The van der Waals surface area contributed by atoms with E-state index in [1.807, 2.05) is 0 Å². The molecule has 22 heavy (non-hydrogen) atoms. The van der Waals surface area contributed by atoms with Gasteiger partial charge in [-0.05, 0) is 46.3 Å². The van der Waals surface area contributed by atoms with Crippen molar-refractivity contribution in [3.8, 4) is 5.69 Å². The van der Waals surface area contributed by atoms with Gasteiger partial charge in [0.1, 0.15) is 6.33 Å². The van der Waals surface area contributed by atoms with Crippen LogP contribution >= 0.6 is 0 Å². The first-order valence-corrected chi connectivity index (χ1v) is 7.85. The van der Waals surface area contributed by atoms with Crippen molar-refractivity contribution in [1.29, 1.82) is 0 Å². The maximum Gasteiger partial charge on any atom is 0.240 e. The molecule has 1 N–H and O–H groups in total. The fourth-order valence-electron chi connectivity index (χ4n) is 1.82. The third kappa shape index (κ3) is 3.15. The summed E-state index contributed by atoms with van der Waals surface area (Å²) in [5.41, 5.74) is 1.47. The topological polar surface area (TPSA) is 103 Å². The van der Waals surface area contributed by atoms with E-state index in [1.54, 1.807) is 36.7 Å². The molecule has 0 amide bonds. The lowest BCUT2D eigenvalue weighted by Crippen LogP contribution is -2.23. The second kappa shape index (κ2) is 6.00. The van der Waals surface area contributed by atoms with E-state index in [2.05, 4.69) is 25.2 Å². The predicted molar refractivity (Wildman–Crippen MR) is 77.4 cm³/mol. The number of hydrogen-bond acceptors (Lipinski definition) is 6. The molecule has 0 aliphatic heterocycles. The zero-order valence-electron chi connectivity index (χ0n) is 11.4. The van der Waals surface area contributed by atoms with Crippen molar-refractivity contribution in [2.24, 2.45) is 0 Å². The molecule has 2 aromatic heterocycles. The van der Waals surface area contributed by atoms with E-state index in [1.165, 1.54) is 23.1 Å². The molecule has 112 valence electrons. The van der Waals surface area contributed by atoms with Gasteiger partial charge in [0.15, 0.2) is 0 Å². The zero-order valence-corrected chi connectivity index (χ0v) is 12.2. The lowest BCUT2D eigenvalue weighted by Gasteiger charge is -2.07. The van der Waals surface area contributed by atoms with Gasteiger partial charge in [-0.1, -0.05) is 6.07 Å². The van der Waals surface area contributed by atoms with Crippen LogP contribution in [0.15, 0.2) is 60.0 Å². The standard InChI is InChI=1S/C13H12N6O2S/c20-22(21,16-9-11-2-1-7-14-8-11)13-5-3-12(4-6-13)19-10-15-17-18-19/h1-8,10,16H,9H2. The third-order valence-electron chi connectivity index (χ3n) is 2.95. The normalized spacial score (nSPS) is 11.5. The molecule has 3 rings (SSSR count). The van der Waals surface area contributed by atoms with Crippen LogP contribution in [0.4, 0.5) is 0 Å². The zero-order chi connectivity index (χ0) is 15.4. The molecular weight excluding hydrogens is 304 g/mol. The third-order valence-corrected chi connectivity index (χ3v) is 4.37. The Hall–Kier alpha value is -2.65. The number of tetrazole rings is 1. The Balaban J connectivity index is 1.75. The Morgan fingerprint density at radius 2 is 1.95 bits per heavy atom. The maximum absolute atomic E-state index is 12.2. The van der Waals surface area contributed by atoms with E-state index in [0.717, 1.165) is 5.56 Å². The van der Waals surface area contributed by atoms with Crippen LogP contribution < -0.4 is 4.72 Å². The lowest BCUT2D eigenvalue weighted by atomic mass is 10.3. The van der Waals surface area contributed by atoms with Crippen molar-refractivity contribution in [1.82, 2.24) is 29.9 Å². The second-order valence-corrected chi connectivity index (χ2v) is 6.20. The number of pyridine rings is 1. The van der Waals surface area contributed by atoms with Gasteiger partial charge in [-0.2, -0.15) is 0 Å². The van der Waals surface area contributed by atoms with Gasteiger partial charge in [0.25, 0.3) is 0 Å². The van der Waals surface area contributed by atoms with Crippen molar-refractivity contribution >= 4 is 10.0 Å². The minimum absolute atomic E-state index is 0.174. The number of aromatic nitrogens is 5. The average Bonchev–Trinajstić information content (AvgIpc) is 3.09. The molecule has 0 bridgehead atoms. The van der Waals surface area contributed by atoms with Gasteiger partial charge in [0, 0.05) is 18.9 Å². The van der Waals surface area contributed by atoms with Gasteiger partial charge in [-0.25, -0.2) is 17.8 Å². The first-order valence-electron chi connectivity index (χ1n) is 6.37. The fourth-order valence-corrected chi connectivity index (χ4v) is 2.84. The summed E-state index contributed by atoms with van der Waals surface area (Å²) in [7, 11) is -3.58. The SMILES string of the molecule is O=S(=O)(NCc1cccnc1)c1ccc(-n2cnnn2)cc1. The van der Waals surface area contributed by atoms with Crippen molar-refractivity contribution in [2.45, 2.75) is 11.4 Å². The Labute approximate surface area is 126 Å². The number of nitrogens with zero attached hydrogens (tertiary/aromatic N) is 5. The Kier molecular flexibility index (Phi) is 3.90. The summed E-state index contributed by atoms with van der Waals surface area (Å²) in [6, 6.07) is 9.83. The van der Waals surface area contributed by atoms with E-state index in [4.69, 9.17) is 0 Å². The number of benzene rings is 1. The molecule has 0 saturated heterocycles. The van der Waals surface area contributed by atoms with Crippen molar-refractivity contribution in [2.75, 3.05) is 0 Å². The van der Waals surface area contributed by atoms with E-state index >= 15 is 0 Å². The van der Waals surface area contributed by atoms with Crippen LogP contribution in [0.5, 0.6) is 0 Å². The molecular formula is C13H12N6O2S. The highest BCUT2D eigenvalue weighted by atomic mass is 32.2. The highest BCUT2D eigenvalue weighted by molar-refractivity contribution is 7.89. The summed E-state index contributed by atoms with van der Waals surface area (Å²) in [4.78, 5) is 4.12. The van der Waals surface area contributed by atoms with Gasteiger partial charge >= 0.3 is 0 Å². The summed E-state index contributed by atoms with van der Waals surface area (Å²) in [5.74, 6) is 0. The second-order valence-electron chi connectivity index (χ2n) is 4.43. The molecule has 2 heterocycles. The van der Waals surface area contributed by atoms with E-state index in [-0.39, 0.29) is 11.4 Å². The first-order chi connectivity index (χ1) is 10.6.